The largest absolute Gasteiger partial charge is 0.500 e. The number of allylic oxidation sites excluding steroid dienone is 5. The normalized spacial score (nSPS) is 14.4. The summed E-state index contributed by atoms with van der Waals surface area (Å²) in [6.07, 6.45) is 9.43. The fourth-order valence-electron chi connectivity index (χ4n) is 2.08. The molecule has 22 heavy (non-hydrogen) atoms. The van der Waals surface area contributed by atoms with E-state index in [1.165, 1.54) is 5.56 Å². The number of ether oxygens (including phenoxy) is 2. The monoisotopic (exact) mass is 412 g/mol. The van der Waals surface area contributed by atoms with Crippen molar-refractivity contribution in [1.29, 1.82) is 0 Å². The van der Waals surface area contributed by atoms with Gasteiger partial charge in [0.2, 0.25) is 0 Å². The lowest BCUT2D eigenvalue weighted by atomic mass is 9.97. The van der Waals surface area contributed by atoms with Crippen molar-refractivity contribution in [2.75, 3.05) is 25.3 Å². The Bertz CT molecular complexity index is 497. The maximum absolute atomic E-state index is 5.46. The average Bonchev–Trinajstić information content (AvgIpc) is 2.56. The quantitative estimate of drug-likeness (QED) is 0.238. The van der Waals surface area contributed by atoms with E-state index in [-0.39, 0.29) is 0 Å². The Labute approximate surface area is 148 Å². The van der Waals surface area contributed by atoms with Gasteiger partial charge >= 0.3 is 0 Å². The molecule has 1 atom stereocenters. The summed E-state index contributed by atoms with van der Waals surface area (Å²) in [5.41, 5.74) is 2.47. The number of halogens is 1. The molecule has 2 nitrogen and oxygen atoms in total. The Hall–Kier alpha value is -1.07. The molecule has 0 spiro atoms. The van der Waals surface area contributed by atoms with Crippen molar-refractivity contribution < 1.29 is 9.47 Å². The molecule has 3 heteroatoms. The summed E-state index contributed by atoms with van der Waals surface area (Å²) in [4.78, 5) is 0. The van der Waals surface area contributed by atoms with Crippen LogP contribution in [0.5, 0.6) is 0 Å². The minimum absolute atomic E-state index is 0.507. The molecular formula is C19H25IO2. The molecular weight excluding hydrogens is 387 g/mol. The maximum atomic E-state index is 5.46. The van der Waals surface area contributed by atoms with Crippen LogP contribution in [-0.4, -0.2) is 25.3 Å². The molecule has 120 valence electrons. The highest BCUT2D eigenvalue weighted by Gasteiger charge is 2.03. The first-order chi connectivity index (χ1) is 10.7. The molecule has 0 radical (unpaired) electrons. The van der Waals surface area contributed by atoms with Crippen molar-refractivity contribution in [1.82, 2.24) is 0 Å². The predicted octanol–water partition coefficient (Wildman–Crippen LogP) is 5.27. The Balaban J connectivity index is 2.75. The Morgan fingerprint density at radius 3 is 2.41 bits per heavy atom. The molecule has 0 fully saturated rings. The first kappa shape index (κ1) is 19.0. The first-order valence-corrected chi connectivity index (χ1v) is 8.95. The summed E-state index contributed by atoms with van der Waals surface area (Å²) < 4.78 is 11.4. The van der Waals surface area contributed by atoms with Crippen LogP contribution < -0.4 is 0 Å². The van der Waals surface area contributed by atoms with Gasteiger partial charge in [-0.2, -0.15) is 0 Å². The summed E-state index contributed by atoms with van der Waals surface area (Å²) in [7, 11) is 3.42. The number of benzene rings is 1. The standard InChI is InChI=1S/C19H25IO2/c1-16(17-10-5-4-6-11-17)9-7-12-18(13-8-14-21-2)19(15-20)22-3/h4-8,10-13,16H,9,14-15H2,1-3H3/b12-7+,13-8-,19-18+. The zero-order valence-corrected chi connectivity index (χ0v) is 15.7. The third-order valence-electron chi connectivity index (χ3n) is 3.41. The van der Waals surface area contributed by atoms with Crippen LogP contribution >= 0.6 is 22.6 Å². The third kappa shape index (κ3) is 6.79. The molecule has 0 saturated heterocycles. The first-order valence-electron chi connectivity index (χ1n) is 7.43. The van der Waals surface area contributed by atoms with Crippen molar-refractivity contribution in [2.45, 2.75) is 19.3 Å². The fourth-order valence-corrected chi connectivity index (χ4v) is 2.83. The summed E-state index contributed by atoms with van der Waals surface area (Å²) in [6.45, 7) is 2.86. The van der Waals surface area contributed by atoms with Crippen LogP contribution in [0.4, 0.5) is 0 Å². The number of hydrogen-bond acceptors (Lipinski definition) is 2. The lowest BCUT2D eigenvalue weighted by molar-refractivity contribution is 0.234. The number of alkyl halides is 1. The van der Waals surface area contributed by atoms with E-state index in [1.54, 1.807) is 14.2 Å². The van der Waals surface area contributed by atoms with E-state index in [9.17, 15) is 0 Å². The van der Waals surface area contributed by atoms with Crippen molar-refractivity contribution >= 4 is 22.6 Å². The summed E-state index contributed by atoms with van der Waals surface area (Å²) in [6, 6.07) is 10.6. The van der Waals surface area contributed by atoms with Gasteiger partial charge in [-0.15, -0.1) is 0 Å². The van der Waals surface area contributed by atoms with Crippen LogP contribution in [0.1, 0.15) is 24.8 Å². The third-order valence-corrected chi connectivity index (χ3v) is 4.10. The molecule has 0 amide bonds. The Morgan fingerprint density at radius 2 is 1.82 bits per heavy atom. The van der Waals surface area contributed by atoms with Crippen LogP contribution in [0.15, 0.2) is 66.0 Å². The summed E-state index contributed by atoms with van der Waals surface area (Å²) >= 11 is 2.32. The van der Waals surface area contributed by atoms with Crippen LogP contribution in [0.2, 0.25) is 0 Å². The number of hydrogen-bond donors (Lipinski definition) is 0. The topological polar surface area (TPSA) is 18.5 Å². The predicted molar refractivity (Wildman–Crippen MR) is 103 cm³/mol. The van der Waals surface area contributed by atoms with Gasteiger partial charge in [0.25, 0.3) is 0 Å². The van der Waals surface area contributed by atoms with Gasteiger partial charge in [-0.05, 0) is 17.9 Å². The van der Waals surface area contributed by atoms with Gasteiger partial charge in [-0.25, -0.2) is 0 Å². The van der Waals surface area contributed by atoms with Crippen molar-refractivity contribution in [3.63, 3.8) is 0 Å². The lowest BCUT2D eigenvalue weighted by Gasteiger charge is -2.09. The number of methoxy groups -OCH3 is 2. The van der Waals surface area contributed by atoms with Gasteiger partial charge in [-0.3, -0.25) is 0 Å². The van der Waals surface area contributed by atoms with Gasteiger partial charge in [0, 0.05) is 12.7 Å². The van der Waals surface area contributed by atoms with Gasteiger partial charge in [0.15, 0.2) is 0 Å². The van der Waals surface area contributed by atoms with Crippen molar-refractivity contribution in [3.05, 3.63) is 71.5 Å². The van der Waals surface area contributed by atoms with Gasteiger partial charge < -0.3 is 9.47 Å². The van der Waals surface area contributed by atoms with E-state index in [0.29, 0.717) is 12.5 Å². The molecule has 0 N–H and O–H groups in total. The van der Waals surface area contributed by atoms with E-state index in [0.717, 1.165) is 22.2 Å². The molecule has 1 rings (SSSR count). The SMILES string of the molecule is COC\C=C/C(/C=C/CC(C)c1ccccc1)=C(\CI)OC. The highest BCUT2D eigenvalue weighted by Crippen LogP contribution is 2.20. The second-order valence-electron chi connectivity index (χ2n) is 5.02. The van der Waals surface area contributed by atoms with Crippen LogP contribution in [0, 0.1) is 0 Å². The maximum Gasteiger partial charge on any atom is 0.112 e. The Kier molecular flexibility index (Phi) is 9.91. The van der Waals surface area contributed by atoms with Gasteiger partial charge in [0.1, 0.15) is 5.76 Å². The molecule has 0 heterocycles. The van der Waals surface area contributed by atoms with Crippen molar-refractivity contribution in [3.8, 4) is 0 Å². The van der Waals surface area contributed by atoms with Crippen LogP contribution in [0.3, 0.4) is 0 Å². The molecule has 0 aliphatic rings. The van der Waals surface area contributed by atoms with E-state index in [4.69, 9.17) is 9.47 Å². The lowest BCUT2D eigenvalue weighted by Crippen LogP contribution is -1.94. The molecule has 1 aromatic rings. The molecule has 0 aliphatic heterocycles. The second-order valence-corrected chi connectivity index (χ2v) is 5.79. The summed E-state index contributed by atoms with van der Waals surface area (Å²) in [5.74, 6) is 1.49. The fraction of sp³-hybridized carbons (Fsp3) is 0.368. The molecule has 0 aromatic heterocycles. The van der Waals surface area contributed by atoms with Crippen LogP contribution in [-0.2, 0) is 9.47 Å². The minimum Gasteiger partial charge on any atom is -0.500 e. The zero-order valence-electron chi connectivity index (χ0n) is 13.6. The minimum atomic E-state index is 0.507. The van der Waals surface area contributed by atoms with E-state index in [2.05, 4.69) is 78.1 Å². The van der Waals surface area contributed by atoms with Crippen LogP contribution in [0.25, 0.3) is 0 Å². The smallest absolute Gasteiger partial charge is 0.112 e. The number of rotatable bonds is 9. The molecule has 0 bridgehead atoms. The highest BCUT2D eigenvalue weighted by atomic mass is 127. The van der Waals surface area contributed by atoms with E-state index < -0.39 is 0 Å². The summed E-state index contributed by atoms with van der Waals surface area (Å²) in [5, 5.41) is 0. The molecule has 1 aromatic carbocycles. The Morgan fingerprint density at radius 1 is 1.14 bits per heavy atom. The van der Waals surface area contributed by atoms with Gasteiger partial charge in [-0.1, -0.05) is 84.2 Å². The van der Waals surface area contributed by atoms with Crippen molar-refractivity contribution in [2.24, 2.45) is 0 Å². The molecule has 1 unspecified atom stereocenters. The average molecular weight is 412 g/mol. The van der Waals surface area contributed by atoms with Gasteiger partial charge in [0.05, 0.1) is 18.1 Å². The molecule has 0 aliphatic carbocycles. The second kappa shape index (κ2) is 11.5. The zero-order chi connectivity index (χ0) is 16.2. The highest BCUT2D eigenvalue weighted by molar-refractivity contribution is 14.1. The molecule has 0 saturated carbocycles. The van der Waals surface area contributed by atoms with E-state index >= 15 is 0 Å². The van der Waals surface area contributed by atoms with E-state index in [1.807, 2.05) is 6.08 Å².